The molecular formula is C28H54. The summed E-state index contributed by atoms with van der Waals surface area (Å²) in [7, 11) is 0. The Morgan fingerprint density at radius 2 is 0.500 bits per heavy atom. The first-order valence-corrected chi connectivity index (χ1v) is 13.2. The second kappa shape index (κ2) is 26.5. The Hall–Kier alpha value is -0.520. The van der Waals surface area contributed by atoms with E-state index in [1.807, 2.05) is 0 Å². The van der Waals surface area contributed by atoms with E-state index in [-0.39, 0.29) is 0 Å². The lowest BCUT2D eigenvalue weighted by Gasteiger charge is -2.02. The monoisotopic (exact) mass is 390 g/mol. The summed E-state index contributed by atoms with van der Waals surface area (Å²) in [6, 6.07) is 0. The van der Waals surface area contributed by atoms with E-state index in [0.717, 1.165) is 0 Å². The van der Waals surface area contributed by atoms with Gasteiger partial charge in [-0.2, -0.15) is 0 Å². The van der Waals surface area contributed by atoms with Gasteiger partial charge in [0, 0.05) is 0 Å². The first-order valence-electron chi connectivity index (χ1n) is 13.2. The highest BCUT2D eigenvalue weighted by atomic mass is 14.0. The third kappa shape index (κ3) is 25.5. The van der Waals surface area contributed by atoms with Crippen molar-refractivity contribution in [1.29, 1.82) is 0 Å². The SMILES string of the molecule is CCCCC/C=C\CCCCCCCCCCCCCC/C=C\CCCCC. The van der Waals surface area contributed by atoms with Crippen LogP contribution in [0.1, 0.15) is 155 Å². The minimum absolute atomic E-state index is 1.30. The highest BCUT2D eigenvalue weighted by molar-refractivity contribution is 4.81. The first kappa shape index (κ1) is 27.5. The number of hydrogen-bond acceptors (Lipinski definition) is 0. The maximum absolute atomic E-state index is 2.42. The molecule has 0 bridgehead atoms. The fourth-order valence-corrected chi connectivity index (χ4v) is 3.79. The van der Waals surface area contributed by atoms with Crippen molar-refractivity contribution < 1.29 is 0 Å². The first-order chi connectivity index (χ1) is 13.9. The molecule has 0 unspecified atom stereocenters. The second-order valence-electron chi connectivity index (χ2n) is 8.75. The van der Waals surface area contributed by atoms with Gasteiger partial charge >= 0.3 is 0 Å². The van der Waals surface area contributed by atoms with Gasteiger partial charge in [-0.15, -0.1) is 0 Å². The van der Waals surface area contributed by atoms with Crippen LogP contribution >= 0.6 is 0 Å². The number of unbranched alkanes of at least 4 members (excludes halogenated alkanes) is 19. The topological polar surface area (TPSA) is 0 Å². The third-order valence-corrected chi connectivity index (χ3v) is 5.77. The van der Waals surface area contributed by atoms with Crippen molar-refractivity contribution in [3.63, 3.8) is 0 Å². The Labute approximate surface area is 179 Å². The van der Waals surface area contributed by atoms with Gasteiger partial charge in [-0.05, 0) is 51.4 Å². The van der Waals surface area contributed by atoms with Crippen LogP contribution in [0, 0.1) is 0 Å². The lowest BCUT2D eigenvalue weighted by Crippen LogP contribution is -1.83. The summed E-state index contributed by atoms with van der Waals surface area (Å²) in [5, 5.41) is 0. The molecule has 0 aromatic heterocycles. The Balaban J connectivity index is 3.06. The molecule has 0 heterocycles. The van der Waals surface area contributed by atoms with Crippen molar-refractivity contribution in [1.82, 2.24) is 0 Å². The molecule has 0 aromatic carbocycles. The third-order valence-electron chi connectivity index (χ3n) is 5.77. The molecule has 0 aliphatic heterocycles. The van der Waals surface area contributed by atoms with Gasteiger partial charge in [0.1, 0.15) is 0 Å². The Kier molecular flexibility index (Phi) is 26.0. The lowest BCUT2D eigenvalue weighted by atomic mass is 10.0. The van der Waals surface area contributed by atoms with Crippen molar-refractivity contribution in [3.05, 3.63) is 24.3 Å². The van der Waals surface area contributed by atoms with Gasteiger partial charge in [0.2, 0.25) is 0 Å². The quantitative estimate of drug-likeness (QED) is 0.120. The van der Waals surface area contributed by atoms with Crippen molar-refractivity contribution >= 4 is 0 Å². The van der Waals surface area contributed by atoms with E-state index in [1.54, 1.807) is 0 Å². The molecule has 0 fully saturated rings. The van der Waals surface area contributed by atoms with Crippen molar-refractivity contribution in [2.45, 2.75) is 155 Å². The molecule has 0 saturated heterocycles. The summed E-state index contributed by atoms with van der Waals surface area (Å²) in [6.07, 6.45) is 40.4. The van der Waals surface area contributed by atoms with E-state index >= 15 is 0 Å². The fraction of sp³-hybridized carbons (Fsp3) is 0.857. The molecule has 0 rings (SSSR count). The molecule has 0 N–H and O–H groups in total. The Bertz CT molecular complexity index is 280. The zero-order valence-electron chi connectivity index (χ0n) is 19.9. The summed E-state index contributed by atoms with van der Waals surface area (Å²) in [6.45, 7) is 4.56. The Morgan fingerprint density at radius 1 is 0.286 bits per heavy atom. The van der Waals surface area contributed by atoms with E-state index in [0.29, 0.717) is 0 Å². The van der Waals surface area contributed by atoms with E-state index in [2.05, 4.69) is 38.2 Å². The summed E-state index contributed by atoms with van der Waals surface area (Å²) >= 11 is 0. The molecule has 0 amide bonds. The highest BCUT2D eigenvalue weighted by Crippen LogP contribution is 2.13. The summed E-state index contributed by atoms with van der Waals surface area (Å²) in [5.74, 6) is 0. The summed E-state index contributed by atoms with van der Waals surface area (Å²) in [4.78, 5) is 0. The normalized spacial score (nSPS) is 11.9. The zero-order valence-corrected chi connectivity index (χ0v) is 19.9. The molecule has 0 saturated carbocycles. The highest BCUT2D eigenvalue weighted by Gasteiger charge is 1.93. The lowest BCUT2D eigenvalue weighted by molar-refractivity contribution is 0.542. The van der Waals surface area contributed by atoms with Crippen LogP contribution in [0.25, 0.3) is 0 Å². The van der Waals surface area contributed by atoms with Crippen LogP contribution in [-0.2, 0) is 0 Å². The molecule has 28 heavy (non-hydrogen) atoms. The predicted molar refractivity (Wildman–Crippen MR) is 131 cm³/mol. The van der Waals surface area contributed by atoms with Gasteiger partial charge in [-0.3, -0.25) is 0 Å². The molecular weight excluding hydrogens is 336 g/mol. The Morgan fingerprint density at radius 3 is 0.750 bits per heavy atom. The smallest absolute Gasteiger partial charge is 0.0351 e. The van der Waals surface area contributed by atoms with Gasteiger partial charge in [0.25, 0.3) is 0 Å². The molecule has 0 radical (unpaired) electrons. The maximum Gasteiger partial charge on any atom is -0.0351 e. The fourth-order valence-electron chi connectivity index (χ4n) is 3.79. The minimum atomic E-state index is 1.30. The van der Waals surface area contributed by atoms with Crippen LogP contribution in [0.3, 0.4) is 0 Å². The van der Waals surface area contributed by atoms with Crippen LogP contribution in [-0.4, -0.2) is 0 Å². The molecule has 0 spiro atoms. The average Bonchev–Trinajstić information content (AvgIpc) is 2.71. The second-order valence-corrected chi connectivity index (χ2v) is 8.75. The number of allylic oxidation sites excluding steroid dienone is 4. The largest absolute Gasteiger partial charge is 0.0885 e. The van der Waals surface area contributed by atoms with E-state index in [1.165, 1.54) is 141 Å². The number of hydrogen-bond donors (Lipinski definition) is 0. The van der Waals surface area contributed by atoms with Crippen molar-refractivity contribution in [2.75, 3.05) is 0 Å². The van der Waals surface area contributed by atoms with Gasteiger partial charge in [0.15, 0.2) is 0 Å². The molecule has 0 atom stereocenters. The van der Waals surface area contributed by atoms with E-state index in [9.17, 15) is 0 Å². The van der Waals surface area contributed by atoms with Crippen LogP contribution in [0.2, 0.25) is 0 Å². The van der Waals surface area contributed by atoms with Crippen LogP contribution < -0.4 is 0 Å². The van der Waals surface area contributed by atoms with E-state index in [4.69, 9.17) is 0 Å². The number of rotatable bonds is 23. The van der Waals surface area contributed by atoms with Gasteiger partial charge in [0.05, 0.1) is 0 Å². The molecule has 0 aromatic rings. The summed E-state index contributed by atoms with van der Waals surface area (Å²) < 4.78 is 0. The van der Waals surface area contributed by atoms with Crippen LogP contribution in [0.5, 0.6) is 0 Å². The van der Waals surface area contributed by atoms with Gasteiger partial charge in [-0.1, -0.05) is 128 Å². The maximum atomic E-state index is 2.42. The zero-order chi connectivity index (χ0) is 20.4. The van der Waals surface area contributed by atoms with E-state index < -0.39 is 0 Å². The standard InChI is InChI=1S/C28H54/c1-3-5-7-9-11-13-15-17-19-21-23-25-27-28-26-24-22-20-18-16-14-12-10-8-6-4-2/h11-14H,3-10,15-28H2,1-2H3/b13-11-,14-12-. The van der Waals surface area contributed by atoms with Gasteiger partial charge in [-0.25, -0.2) is 0 Å². The molecule has 166 valence electrons. The summed E-state index contributed by atoms with van der Waals surface area (Å²) in [5.41, 5.74) is 0. The molecule has 0 heteroatoms. The van der Waals surface area contributed by atoms with Gasteiger partial charge < -0.3 is 0 Å². The molecule has 0 aliphatic rings. The minimum Gasteiger partial charge on any atom is -0.0885 e. The predicted octanol–water partition coefficient (Wildman–Crippen LogP) is 10.7. The average molecular weight is 391 g/mol. The van der Waals surface area contributed by atoms with Crippen LogP contribution in [0.4, 0.5) is 0 Å². The van der Waals surface area contributed by atoms with Crippen LogP contribution in [0.15, 0.2) is 24.3 Å². The van der Waals surface area contributed by atoms with Crippen molar-refractivity contribution in [3.8, 4) is 0 Å². The van der Waals surface area contributed by atoms with Crippen molar-refractivity contribution in [2.24, 2.45) is 0 Å². The molecule has 0 aliphatic carbocycles. The molecule has 0 nitrogen and oxygen atoms in total.